The predicted octanol–water partition coefficient (Wildman–Crippen LogP) is 2.57. The maximum Gasteiger partial charge on any atom is 0.285 e. The van der Waals surface area contributed by atoms with Crippen LogP contribution in [0.3, 0.4) is 0 Å². The summed E-state index contributed by atoms with van der Waals surface area (Å²) >= 11 is 3.32. The van der Waals surface area contributed by atoms with Crippen molar-refractivity contribution >= 4 is 21.6 Å². The van der Waals surface area contributed by atoms with Crippen LogP contribution in [0.4, 0.5) is 5.69 Å². The van der Waals surface area contributed by atoms with Gasteiger partial charge in [0.1, 0.15) is 0 Å². The molecule has 2 aromatic rings. The second-order valence-corrected chi connectivity index (χ2v) is 4.65. The molecule has 0 bridgehead atoms. The summed E-state index contributed by atoms with van der Waals surface area (Å²) in [6.07, 6.45) is 1.25. The van der Waals surface area contributed by atoms with E-state index in [-0.39, 0.29) is 11.2 Å². The van der Waals surface area contributed by atoms with Crippen molar-refractivity contribution in [1.29, 1.82) is 0 Å². The summed E-state index contributed by atoms with van der Waals surface area (Å²) in [6.45, 7) is 0.313. The first-order chi connectivity index (χ1) is 8.56. The summed E-state index contributed by atoms with van der Waals surface area (Å²) in [5.41, 5.74) is 0.552. The second-order valence-electron chi connectivity index (χ2n) is 3.74. The van der Waals surface area contributed by atoms with Crippen LogP contribution in [0.15, 0.2) is 51.9 Å². The van der Waals surface area contributed by atoms with Crippen LogP contribution in [-0.4, -0.2) is 9.49 Å². The molecule has 0 fully saturated rings. The molecule has 92 valence electrons. The highest BCUT2D eigenvalue weighted by atomic mass is 79.9. The van der Waals surface area contributed by atoms with Gasteiger partial charge in [0.25, 0.3) is 11.2 Å². The normalized spacial score (nSPS) is 10.3. The van der Waals surface area contributed by atoms with E-state index in [1.807, 2.05) is 24.3 Å². The Morgan fingerprint density at radius 3 is 2.44 bits per heavy atom. The summed E-state index contributed by atoms with van der Waals surface area (Å²) in [7, 11) is 0. The predicted molar refractivity (Wildman–Crippen MR) is 70.6 cm³/mol. The standard InChI is InChI=1S/C12H9BrN2O3/c13-10-3-1-9(2-4-10)7-14-8-11(15(17)18)5-6-12(14)16/h1-6,8H,7H2. The fraction of sp³-hybridized carbons (Fsp3) is 0.0833. The number of pyridine rings is 1. The molecular weight excluding hydrogens is 300 g/mol. The number of hydrogen-bond donors (Lipinski definition) is 0. The molecule has 1 aromatic heterocycles. The zero-order chi connectivity index (χ0) is 13.1. The quantitative estimate of drug-likeness (QED) is 0.646. The fourth-order valence-corrected chi connectivity index (χ4v) is 1.80. The summed E-state index contributed by atoms with van der Waals surface area (Å²) < 4.78 is 2.26. The van der Waals surface area contributed by atoms with Crippen LogP contribution in [0.5, 0.6) is 0 Å². The zero-order valence-corrected chi connectivity index (χ0v) is 10.8. The molecule has 0 aliphatic heterocycles. The van der Waals surface area contributed by atoms with Crippen LogP contribution < -0.4 is 5.56 Å². The van der Waals surface area contributed by atoms with Crippen molar-refractivity contribution < 1.29 is 4.92 Å². The smallest absolute Gasteiger partial charge is 0.285 e. The fourth-order valence-electron chi connectivity index (χ4n) is 1.54. The maximum atomic E-state index is 11.6. The number of aromatic nitrogens is 1. The highest BCUT2D eigenvalue weighted by molar-refractivity contribution is 9.10. The van der Waals surface area contributed by atoms with Crippen molar-refractivity contribution in [2.75, 3.05) is 0 Å². The van der Waals surface area contributed by atoms with Crippen molar-refractivity contribution in [3.63, 3.8) is 0 Å². The van der Waals surface area contributed by atoms with Gasteiger partial charge in [-0.3, -0.25) is 14.9 Å². The first-order valence-electron chi connectivity index (χ1n) is 5.15. The van der Waals surface area contributed by atoms with Gasteiger partial charge in [-0.15, -0.1) is 0 Å². The summed E-state index contributed by atoms with van der Waals surface area (Å²) in [5.74, 6) is 0. The molecule has 0 radical (unpaired) electrons. The topological polar surface area (TPSA) is 65.1 Å². The van der Waals surface area contributed by atoms with E-state index in [4.69, 9.17) is 0 Å². The lowest BCUT2D eigenvalue weighted by Gasteiger charge is -2.05. The van der Waals surface area contributed by atoms with Crippen molar-refractivity contribution in [2.45, 2.75) is 6.54 Å². The maximum absolute atomic E-state index is 11.6. The van der Waals surface area contributed by atoms with Gasteiger partial charge < -0.3 is 4.57 Å². The van der Waals surface area contributed by atoms with Crippen molar-refractivity contribution in [2.24, 2.45) is 0 Å². The van der Waals surface area contributed by atoms with Gasteiger partial charge in [0, 0.05) is 16.6 Å². The summed E-state index contributed by atoms with van der Waals surface area (Å²) in [4.78, 5) is 21.7. The van der Waals surface area contributed by atoms with Crippen molar-refractivity contribution in [3.05, 3.63) is 73.1 Å². The van der Waals surface area contributed by atoms with E-state index in [9.17, 15) is 14.9 Å². The molecule has 0 saturated carbocycles. The van der Waals surface area contributed by atoms with Crippen molar-refractivity contribution in [3.8, 4) is 0 Å². The molecule has 6 heteroatoms. The van der Waals surface area contributed by atoms with Gasteiger partial charge in [0.2, 0.25) is 0 Å². The number of nitrogens with zero attached hydrogens (tertiary/aromatic N) is 2. The molecule has 0 atom stereocenters. The van der Waals surface area contributed by atoms with Crippen LogP contribution in [0.25, 0.3) is 0 Å². The molecule has 2 rings (SSSR count). The first kappa shape index (κ1) is 12.5. The lowest BCUT2D eigenvalue weighted by Crippen LogP contribution is -2.19. The third-order valence-electron chi connectivity index (χ3n) is 2.44. The van der Waals surface area contributed by atoms with E-state index in [2.05, 4.69) is 15.9 Å². The molecule has 18 heavy (non-hydrogen) atoms. The number of benzene rings is 1. The summed E-state index contributed by atoms with van der Waals surface area (Å²) in [6, 6.07) is 9.84. The van der Waals surface area contributed by atoms with E-state index in [0.717, 1.165) is 10.0 Å². The van der Waals surface area contributed by atoms with E-state index < -0.39 is 4.92 Å². The molecule has 1 aromatic carbocycles. The molecule has 0 amide bonds. The molecule has 0 saturated heterocycles. The van der Waals surface area contributed by atoms with E-state index >= 15 is 0 Å². The van der Waals surface area contributed by atoms with Gasteiger partial charge in [-0.25, -0.2) is 0 Å². The minimum atomic E-state index is -0.516. The van der Waals surface area contributed by atoms with Gasteiger partial charge in [-0.2, -0.15) is 0 Å². The third-order valence-corrected chi connectivity index (χ3v) is 2.97. The monoisotopic (exact) mass is 308 g/mol. The lowest BCUT2D eigenvalue weighted by molar-refractivity contribution is -0.385. The van der Waals surface area contributed by atoms with Gasteiger partial charge in [0.15, 0.2) is 0 Å². The number of hydrogen-bond acceptors (Lipinski definition) is 3. The molecular formula is C12H9BrN2O3. The molecule has 0 aliphatic carbocycles. The molecule has 0 unspecified atom stereocenters. The molecule has 0 aliphatic rings. The molecule has 5 nitrogen and oxygen atoms in total. The van der Waals surface area contributed by atoms with Gasteiger partial charge >= 0.3 is 0 Å². The van der Waals surface area contributed by atoms with Gasteiger partial charge in [0.05, 0.1) is 17.7 Å². The molecule has 1 heterocycles. The van der Waals surface area contributed by atoms with Gasteiger partial charge in [-0.1, -0.05) is 28.1 Å². The third kappa shape index (κ3) is 2.84. The Kier molecular flexibility index (Phi) is 3.57. The van der Waals surface area contributed by atoms with Crippen LogP contribution in [0, 0.1) is 10.1 Å². The first-order valence-corrected chi connectivity index (χ1v) is 5.95. The molecule has 0 spiro atoms. The minimum Gasteiger partial charge on any atom is -0.304 e. The van der Waals surface area contributed by atoms with Crippen LogP contribution in [0.1, 0.15) is 5.56 Å². The minimum absolute atomic E-state index is 0.0910. The highest BCUT2D eigenvalue weighted by Gasteiger charge is 2.07. The Balaban J connectivity index is 2.33. The van der Waals surface area contributed by atoms with Crippen molar-refractivity contribution in [1.82, 2.24) is 4.57 Å². The highest BCUT2D eigenvalue weighted by Crippen LogP contribution is 2.12. The molecule has 0 N–H and O–H groups in total. The number of halogens is 1. The Morgan fingerprint density at radius 2 is 1.83 bits per heavy atom. The van der Waals surface area contributed by atoms with Crippen LogP contribution >= 0.6 is 15.9 Å². The summed E-state index contributed by atoms with van der Waals surface area (Å²) in [5, 5.41) is 10.6. The largest absolute Gasteiger partial charge is 0.304 e. The van der Waals surface area contributed by atoms with E-state index in [1.54, 1.807) is 0 Å². The van der Waals surface area contributed by atoms with Crippen LogP contribution in [0.2, 0.25) is 0 Å². The SMILES string of the molecule is O=c1ccc([N+](=O)[O-])cn1Cc1ccc(Br)cc1. The van der Waals surface area contributed by atoms with E-state index in [1.165, 1.54) is 22.9 Å². The average molecular weight is 309 g/mol. The second kappa shape index (κ2) is 5.14. The Hall–Kier alpha value is -1.95. The number of nitro groups is 1. The number of rotatable bonds is 3. The Morgan fingerprint density at radius 1 is 1.17 bits per heavy atom. The zero-order valence-electron chi connectivity index (χ0n) is 9.25. The Labute approximate surface area is 111 Å². The van der Waals surface area contributed by atoms with Gasteiger partial charge in [-0.05, 0) is 17.7 Å². The Bertz CT molecular complexity index is 635. The lowest BCUT2D eigenvalue weighted by atomic mass is 10.2. The van der Waals surface area contributed by atoms with E-state index in [0.29, 0.717) is 6.54 Å². The average Bonchev–Trinajstić information content (AvgIpc) is 2.34. The van der Waals surface area contributed by atoms with Crippen LogP contribution in [-0.2, 0) is 6.54 Å².